The van der Waals surface area contributed by atoms with E-state index in [1.165, 1.54) is 56.6 Å². The van der Waals surface area contributed by atoms with Crippen LogP contribution < -0.4 is 11.3 Å². The van der Waals surface area contributed by atoms with Crippen LogP contribution in [0.2, 0.25) is 0 Å². The number of H-pyrrole nitrogens is 1. The molecule has 0 atom stereocenters. The van der Waals surface area contributed by atoms with Gasteiger partial charge < -0.3 is 10.3 Å². The van der Waals surface area contributed by atoms with E-state index >= 15 is 0 Å². The summed E-state index contributed by atoms with van der Waals surface area (Å²) in [6, 6.07) is 13.1. The summed E-state index contributed by atoms with van der Waals surface area (Å²) in [4.78, 5) is 23.7. The fraction of sp³-hybridized carbons (Fsp3) is 0.240. The van der Waals surface area contributed by atoms with Crippen LogP contribution >= 0.6 is 0 Å². The lowest BCUT2D eigenvalue weighted by molar-refractivity contribution is 0.690. The number of fused-ring (bicyclic) bond motifs is 5. The first-order chi connectivity index (χ1) is 15.1. The molecule has 6 heteroatoms. The molecule has 6 rings (SSSR count). The molecule has 0 unspecified atom stereocenters. The monoisotopic (exact) mass is 409 g/mol. The summed E-state index contributed by atoms with van der Waals surface area (Å²) in [5, 5.41) is 5.12. The maximum Gasteiger partial charge on any atom is 0.278 e. The van der Waals surface area contributed by atoms with E-state index in [2.05, 4.69) is 58.3 Å². The van der Waals surface area contributed by atoms with Crippen LogP contribution in [0, 0.1) is 6.92 Å². The quantitative estimate of drug-likeness (QED) is 0.427. The van der Waals surface area contributed by atoms with Gasteiger partial charge in [-0.1, -0.05) is 36.4 Å². The van der Waals surface area contributed by atoms with Gasteiger partial charge in [0, 0.05) is 0 Å². The predicted molar refractivity (Wildman–Crippen MR) is 124 cm³/mol. The van der Waals surface area contributed by atoms with E-state index in [9.17, 15) is 4.79 Å². The molecule has 6 nitrogen and oxygen atoms in total. The van der Waals surface area contributed by atoms with Crippen molar-refractivity contribution in [1.29, 1.82) is 0 Å². The normalized spacial score (nSPS) is 13.8. The highest BCUT2D eigenvalue weighted by Crippen LogP contribution is 2.38. The fourth-order valence-corrected chi connectivity index (χ4v) is 5.32. The molecule has 0 aliphatic heterocycles. The van der Waals surface area contributed by atoms with Crippen molar-refractivity contribution in [1.82, 2.24) is 19.5 Å². The number of benzene rings is 3. The summed E-state index contributed by atoms with van der Waals surface area (Å²) < 4.78 is 1.89. The maximum absolute atomic E-state index is 12.6. The van der Waals surface area contributed by atoms with Gasteiger partial charge in [0.1, 0.15) is 0 Å². The number of aromatic nitrogens is 4. The van der Waals surface area contributed by atoms with Crippen LogP contribution in [0.5, 0.6) is 0 Å². The van der Waals surface area contributed by atoms with Crippen LogP contribution in [0.3, 0.4) is 0 Å². The van der Waals surface area contributed by atoms with E-state index < -0.39 is 0 Å². The number of aryl methyl sites for hydroxylation is 3. The number of aromatic amines is 1. The zero-order chi connectivity index (χ0) is 21.1. The number of imidazole rings is 1. The molecule has 0 radical (unpaired) electrons. The van der Waals surface area contributed by atoms with E-state index in [0.717, 1.165) is 12.8 Å². The molecular weight excluding hydrogens is 386 g/mol. The van der Waals surface area contributed by atoms with E-state index in [1.54, 1.807) is 6.33 Å². The van der Waals surface area contributed by atoms with Gasteiger partial charge in [0.2, 0.25) is 5.95 Å². The number of anilines is 1. The van der Waals surface area contributed by atoms with Crippen molar-refractivity contribution in [3.63, 3.8) is 0 Å². The highest BCUT2D eigenvalue weighted by atomic mass is 16.1. The molecule has 0 amide bonds. The molecule has 0 saturated heterocycles. The molecule has 31 heavy (non-hydrogen) atoms. The highest BCUT2D eigenvalue weighted by molar-refractivity contribution is 6.07. The number of nitrogens with zero attached hydrogens (tertiary/aromatic N) is 3. The molecule has 0 bridgehead atoms. The SMILES string of the molecule is Cc1c2ccccc2c(Cn2cnc3nc(N)[nH]c(=O)c32)c2ccc3c(c12)CCCC3. The first kappa shape index (κ1) is 18.1. The zero-order valence-corrected chi connectivity index (χ0v) is 17.4. The van der Waals surface area contributed by atoms with Gasteiger partial charge in [-0.25, -0.2) is 4.98 Å². The Morgan fingerprint density at radius 3 is 2.74 bits per heavy atom. The Morgan fingerprint density at radius 2 is 1.87 bits per heavy atom. The van der Waals surface area contributed by atoms with Gasteiger partial charge in [-0.15, -0.1) is 0 Å². The topological polar surface area (TPSA) is 89.6 Å². The third kappa shape index (κ3) is 2.68. The largest absolute Gasteiger partial charge is 0.369 e. The molecule has 3 N–H and O–H groups in total. The number of nitrogens with one attached hydrogen (secondary N) is 1. The molecule has 3 aromatic carbocycles. The summed E-state index contributed by atoms with van der Waals surface area (Å²) in [5.74, 6) is 0.0839. The van der Waals surface area contributed by atoms with Gasteiger partial charge in [-0.3, -0.25) is 9.78 Å². The lowest BCUT2D eigenvalue weighted by Crippen LogP contribution is -2.15. The maximum atomic E-state index is 12.6. The molecule has 1 aliphatic carbocycles. The van der Waals surface area contributed by atoms with Crippen LogP contribution in [0.1, 0.15) is 35.1 Å². The minimum atomic E-state index is -0.266. The van der Waals surface area contributed by atoms with E-state index in [-0.39, 0.29) is 11.5 Å². The third-order valence-corrected chi connectivity index (χ3v) is 6.72. The van der Waals surface area contributed by atoms with Crippen LogP contribution in [-0.2, 0) is 19.4 Å². The fourth-order valence-electron chi connectivity index (χ4n) is 5.32. The van der Waals surface area contributed by atoms with Gasteiger partial charge in [0.05, 0.1) is 12.9 Å². The second-order valence-corrected chi connectivity index (χ2v) is 8.48. The molecule has 154 valence electrons. The summed E-state index contributed by atoms with van der Waals surface area (Å²) in [6.07, 6.45) is 6.47. The van der Waals surface area contributed by atoms with Crippen LogP contribution in [0.25, 0.3) is 32.7 Å². The van der Waals surface area contributed by atoms with Crippen molar-refractivity contribution in [3.8, 4) is 0 Å². The number of rotatable bonds is 2. The third-order valence-electron chi connectivity index (χ3n) is 6.72. The predicted octanol–water partition coefficient (Wildman–Crippen LogP) is 4.24. The number of hydrogen-bond donors (Lipinski definition) is 2. The summed E-state index contributed by atoms with van der Waals surface area (Å²) >= 11 is 0. The summed E-state index contributed by atoms with van der Waals surface area (Å²) in [7, 11) is 0. The standard InChI is InChI=1S/C25H23N5O/c1-14-16-7-4-5-9-18(16)20(19-11-10-15-6-2-3-8-17(15)21(14)19)12-30-13-27-23-22(30)24(31)29-25(26)28-23/h4-5,7,9-11,13H,2-3,6,8,12H2,1H3,(H3,26,28,29,31). The molecule has 2 heterocycles. The van der Waals surface area contributed by atoms with E-state index in [1.807, 2.05) is 4.57 Å². The van der Waals surface area contributed by atoms with Crippen LogP contribution in [-0.4, -0.2) is 19.5 Å². The van der Waals surface area contributed by atoms with Crippen molar-refractivity contribution in [2.75, 3.05) is 5.73 Å². The summed E-state index contributed by atoms with van der Waals surface area (Å²) in [6.45, 7) is 2.79. The molecule has 1 aliphatic rings. The second-order valence-electron chi connectivity index (χ2n) is 8.48. The molecular formula is C25H23N5O. The minimum Gasteiger partial charge on any atom is -0.369 e. The van der Waals surface area contributed by atoms with Crippen molar-refractivity contribution >= 4 is 38.7 Å². The Balaban J connectivity index is 1.68. The van der Waals surface area contributed by atoms with Crippen LogP contribution in [0.15, 0.2) is 47.5 Å². The molecule has 5 aromatic rings. The zero-order valence-electron chi connectivity index (χ0n) is 17.4. The van der Waals surface area contributed by atoms with Crippen molar-refractivity contribution in [2.45, 2.75) is 39.2 Å². The number of hydrogen-bond acceptors (Lipinski definition) is 4. The first-order valence-electron chi connectivity index (χ1n) is 10.8. The van der Waals surface area contributed by atoms with Crippen molar-refractivity contribution < 1.29 is 0 Å². The molecule has 2 aromatic heterocycles. The van der Waals surface area contributed by atoms with Gasteiger partial charge in [0.15, 0.2) is 11.2 Å². The minimum absolute atomic E-state index is 0.0839. The van der Waals surface area contributed by atoms with Gasteiger partial charge in [-0.2, -0.15) is 4.98 Å². The van der Waals surface area contributed by atoms with E-state index in [0.29, 0.717) is 17.7 Å². The smallest absolute Gasteiger partial charge is 0.278 e. The summed E-state index contributed by atoms with van der Waals surface area (Å²) in [5.41, 5.74) is 11.8. The van der Waals surface area contributed by atoms with Gasteiger partial charge >= 0.3 is 0 Å². The Bertz CT molecular complexity index is 1560. The lowest BCUT2D eigenvalue weighted by atomic mass is 9.83. The molecule has 0 saturated carbocycles. The average molecular weight is 409 g/mol. The van der Waals surface area contributed by atoms with E-state index in [4.69, 9.17) is 5.73 Å². The highest BCUT2D eigenvalue weighted by Gasteiger charge is 2.20. The number of nitrogen functional groups attached to an aromatic ring is 1. The van der Waals surface area contributed by atoms with Crippen molar-refractivity contribution in [2.24, 2.45) is 0 Å². The first-order valence-corrected chi connectivity index (χ1v) is 10.8. The van der Waals surface area contributed by atoms with Crippen molar-refractivity contribution in [3.05, 3.63) is 75.3 Å². The average Bonchev–Trinajstić information content (AvgIpc) is 3.18. The number of nitrogens with two attached hydrogens (primary N) is 1. The van der Waals surface area contributed by atoms with Crippen LogP contribution in [0.4, 0.5) is 5.95 Å². The lowest BCUT2D eigenvalue weighted by Gasteiger charge is -2.23. The Labute approximate surface area is 178 Å². The molecule has 0 fully saturated rings. The Morgan fingerprint density at radius 1 is 1.06 bits per heavy atom. The van der Waals surface area contributed by atoms with Gasteiger partial charge in [-0.05, 0) is 76.4 Å². The Hall–Kier alpha value is -3.67. The van der Waals surface area contributed by atoms with Gasteiger partial charge in [0.25, 0.3) is 5.56 Å². The molecule has 0 spiro atoms. The Kier molecular flexibility index (Phi) is 3.90. The second kappa shape index (κ2) is 6.67.